The van der Waals surface area contributed by atoms with E-state index in [0.717, 1.165) is 6.21 Å². The van der Waals surface area contributed by atoms with Gasteiger partial charge in [0.25, 0.3) is 0 Å². The molecular weight excluding hydrogens is 242 g/mol. The van der Waals surface area contributed by atoms with Crippen molar-refractivity contribution < 1.29 is 9.53 Å². The summed E-state index contributed by atoms with van der Waals surface area (Å²) in [7, 11) is 0. The molecule has 0 bridgehead atoms. The number of hydrogen-bond acceptors (Lipinski definition) is 5. The summed E-state index contributed by atoms with van der Waals surface area (Å²) in [6.07, 6.45) is 1.07. The second-order valence-electron chi connectivity index (χ2n) is 2.98. The lowest BCUT2D eigenvalue weighted by Crippen LogP contribution is -2.18. The second kappa shape index (κ2) is 6.65. The number of ether oxygens (including phenoxy) is 1. The van der Waals surface area contributed by atoms with Crippen molar-refractivity contribution >= 4 is 35.2 Å². The van der Waals surface area contributed by atoms with Gasteiger partial charge >= 0.3 is 5.97 Å². The Labute approximate surface area is 104 Å². The molecule has 1 aromatic rings. The molecule has 5 nitrogen and oxygen atoms in total. The zero-order valence-corrected chi connectivity index (χ0v) is 9.99. The first kappa shape index (κ1) is 13.2. The Hall–Kier alpha value is -1.88. The number of hydrogen-bond donors (Lipinski definition) is 2. The topological polar surface area (TPSA) is 74.5 Å². The number of para-hydroxylation sites is 1. The highest BCUT2D eigenvalue weighted by Crippen LogP contribution is 2.19. The van der Waals surface area contributed by atoms with E-state index in [-0.39, 0.29) is 12.3 Å². The third kappa shape index (κ3) is 4.24. The van der Waals surface area contributed by atoms with Gasteiger partial charge in [-0.3, -0.25) is 10.8 Å². The fraction of sp³-hybridized carbons (Fsp3) is 0.182. The van der Waals surface area contributed by atoms with Crippen molar-refractivity contribution in [3.05, 3.63) is 29.3 Å². The van der Waals surface area contributed by atoms with Crippen LogP contribution >= 0.6 is 11.6 Å². The van der Waals surface area contributed by atoms with Crippen molar-refractivity contribution in [2.24, 2.45) is 5.10 Å². The van der Waals surface area contributed by atoms with E-state index < -0.39 is 5.97 Å². The van der Waals surface area contributed by atoms with E-state index in [1.165, 1.54) is 0 Å². The Kier molecular flexibility index (Phi) is 5.16. The molecular formula is C11H12ClN3O2. The van der Waals surface area contributed by atoms with Crippen LogP contribution in [0, 0.1) is 5.41 Å². The van der Waals surface area contributed by atoms with Crippen LogP contribution < -0.4 is 5.43 Å². The molecule has 0 heterocycles. The molecule has 0 spiro atoms. The van der Waals surface area contributed by atoms with Crippen LogP contribution in [0.4, 0.5) is 5.69 Å². The van der Waals surface area contributed by atoms with E-state index in [1.54, 1.807) is 31.2 Å². The van der Waals surface area contributed by atoms with Crippen molar-refractivity contribution in [2.75, 3.05) is 12.0 Å². The third-order valence-corrected chi connectivity index (χ3v) is 2.08. The molecule has 90 valence electrons. The van der Waals surface area contributed by atoms with Crippen molar-refractivity contribution in [1.82, 2.24) is 0 Å². The lowest BCUT2D eigenvalue weighted by atomic mass is 10.3. The molecule has 0 unspecified atom stereocenters. The maximum atomic E-state index is 11.1. The zero-order chi connectivity index (χ0) is 12.7. The molecule has 0 aromatic heterocycles. The van der Waals surface area contributed by atoms with E-state index in [1.807, 2.05) is 0 Å². The summed E-state index contributed by atoms with van der Waals surface area (Å²) in [4.78, 5) is 11.1. The number of carbonyl (C=O) groups excluding carboxylic acids is 1. The third-order valence-electron chi connectivity index (χ3n) is 1.75. The Bertz CT molecular complexity index is 446. The first-order valence-corrected chi connectivity index (χ1v) is 5.32. The summed E-state index contributed by atoms with van der Waals surface area (Å²) in [6, 6.07) is 7.02. The number of esters is 1. The van der Waals surface area contributed by atoms with Gasteiger partial charge in [0.1, 0.15) is 0 Å². The van der Waals surface area contributed by atoms with Gasteiger partial charge in [0.2, 0.25) is 0 Å². The molecule has 17 heavy (non-hydrogen) atoms. The molecule has 0 amide bonds. The summed E-state index contributed by atoms with van der Waals surface area (Å²) >= 11 is 5.87. The average Bonchev–Trinajstić information content (AvgIpc) is 2.31. The van der Waals surface area contributed by atoms with Gasteiger partial charge in [0, 0.05) is 0 Å². The predicted octanol–water partition coefficient (Wildman–Crippen LogP) is 2.32. The van der Waals surface area contributed by atoms with Crippen LogP contribution in [0.5, 0.6) is 0 Å². The van der Waals surface area contributed by atoms with Crippen LogP contribution in [0.25, 0.3) is 0 Å². The van der Waals surface area contributed by atoms with E-state index in [2.05, 4.69) is 15.3 Å². The maximum Gasteiger partial charge on any atom is 0.357 e. The van der Waals surface area contributed by atoms with Crippen molar-refractivity contribution in [3.63, 3.8) is 0 Å². The van der Waals surface area contributed by atoms with Gasteiger partial charge in [-0.25, -0.2) is 4.79 Å². The summed E-state index contributed by atoms with van der Waals surface area (Å²) in [5.74, 6) is -0.711. The summed E-state index contributed by atoms with van der Waals surface area (Å²) in [6.45, 7) is 1.90. The van der Waals surface area contributed by atoms with Crippen LogP contribution in [0.2, 0.25) is 5.02 Å². The molecule has 0 radical (unpaired) electrons. The number of nitrogens with zero attached hydrogens (tertiary/aromatic N) is 1. The van der Waals surface area contributed by atoms with Gasteiger partial charge in [-0.15, -0.1) is 0 Å². The fourth-order valence-electron chi connectivity index (χ4n) is 0.980. The molecule has 1 rings (SSSR count). The van der Waals surface area contributed by atoms with E-state index in [9.17, 15) is 4.79 Å². The Morgan fingerprint density at radius 3 is 2.94 bits per heavy atom. The van der Waals surface area contributed by atoms with Gasteiger partial charge < -0.3 is 4.74 Å². The highest BCUT2D eigenvalue weighted by atomic mass is 35.5. The minimum atomic E-state index is -0.711. The van der Waals surface area contributed by atoms with Gasteiger partial charge in [-0.2, -0.15) is 5.10 Å². The summed E-state index contributed by atoms with van der Waals surface area (Å²) < 4.78 is 4.62. The molecule has 0 saturated heterocycles. The van der Waals surface area contributed by atoms with Crippen molar-refractivity contribution in [2.45, 2.75) is 6.92 Å². The summed E-state index contributed by atoms with van der Waals surface area (Å²) in [5.41, 5.74) is 2.90. The number of halogens is 1. The van der Waals surface area contributed by atoms with Gasteiger partial charge in [0.05, 0.1) is 23.5 Å². The van der Waals surface area contributed by atoms with Crippen LogP contribution in [0.15, 0.2) is 29.4 Å². The lowest BCUT2D eigenvalue weighted by Gasteiger charge is -2.02. The Balaban J connectivity index is 2.54. The minimum Gasteiger partial charge on any atom is -0.461 e. The fourth-order valence-corrected chi connectivity index (χ4v) is 1.16. The quantitative estimate of drug-likeness (QED) is 0.480. The monoisotopic (exact) mass is 253 g/mol. The van der Waals surface area contributed by atoms with Gasteiger partial charge in [-0.05, 0) is 19.1 Å². The van der Waals surface area contributed by atoms with Crippen LogP contribution in [-0.2, 0) is 9.53 Å². The molecule has 0 fully saturated rings. The van der Waals surface area contributed by atoms with Gasteiger partial charge in [-0.1, -0.05) is 23.7 Å². The normalized spacial score (nSPS) is 10.2. The van der Waals surface area contributed by atoms with Crippen LogP contribution in [0.1, 0.15) is 6.92 Å². The number of hydrazone groups is 1. The zero-order valence-electron chi connectivity index (χ0n) is 9.24. The number of benzene rings is 1. The minimum absolute atomic E-state index is 0.229. The van der Waals surface area contributed by atoms with E-state index >= 15 is 0 Å². The molecule has 0 aliphatic rings. The number of anilines is 1. The number of rotatable bonds is 5. The average molecular weight is 254 g/mol. The second-order valence-corrected chi connectivity index (χ2v) is 3.39. The van der Waals surface area contributed by atoms with Crippen molar-refractivity contribution in [1.29, 1.82) is 5.41 Å². The first-order chi connectivity index (χ1) is 8.15. The smallest absolute Gasteiger partial charge is 0.357 e. The molecule has 0 saturated carbocycles. The summed E-state index contributed by atoms with van der Waals surface area (Å²) in [5, 5.41) is 11.5. The highest BCUT2D eigenvalue weighted by molar-refractivity contribution is 6.58. The van der Waals surface area contributed by atoms with Gasteiger partial charge in [0.15, 0.2) is 5.71 Å². The Morgan fingerprint density at radius 2 is 2.29 bits per heavy atom. The molecule has 0 aliphatic carbocycles. The SMILES string of the molecule is CCOC(=O)C(=N)/C=N\Nc1ccccc1Cl. The molecule has 0 atom stereocenters. The maximum absolute atomic E-state index is 11.1. The van der Waals surface area contributed by atoms with Crippen LogP contribution in [-0.4, -0.2) is 24.5 Å². The molecule has 1 aromatic carbocycles. The highest BCUT2D eigenvalue weighted by Gasteiger charge is 2.06. The molecule has 6 heteroatoms. The van der Waals surface area contributed by atoms with E-state index in [4.69, 9.17) is 17.0 Å². The van der Waals surface area contributed by atoms with Crippen LogP contribution in [0.3, 0.4) is 0 Å². The molecule has 0 aliphatic heterocycles. The number of carbonyl (C=O) groups is 1. The standard InChI is InChI=1S/C11H12ClN3O2/c1-2-17-11(16)9(13)7-14-15-10-6-4-3-5-8(10)12/h3-7,13,15H,2H2,1H3/b13-9?,14-7-. The predicted molar refractivity (Wildman–Crippen MR) is 67.9 cm³/mol. The number of nitrogens with one attached hydrogen (secondary N) is 2. The Morgan fingerprint density at radius 1 is 1.59 bits per heavy atom. The first-order valence-electron chi connectivity index (χ1n) is 4.94. The lowest BCUT2D eigenvalue weighted by molar-refractivity contribution is -0.134. The largest absolute Gasteiger partial charge is 0.461 e. The molecule has 2 N–H and O–H groups in total. The van der Waals surface area contributed by atoms with Crippen molar-refractivity contribution in [3.8, 4) is 0 Å². The van der Waals surface area contributed by atoms with E-state index in [0.29, 0.717) is 10.7 Å².